The monoisotopic (exact) mass is 376 g/mol. The summed E-state index contributed by atoms with van der Waals surface area (Å²) >= 11 is 0. The minimum Gasteiger partial charge on any atom is -0.459 e. The van der Waals surface area contributed by atoms with Gasteiger partial charge in [-0.3, -0.25) is 10.1 Å². The Morgan fingerprint density at radius 2 is 2.04 bits per heavy atom. The number of amides is 4. The van der Waals surface area contributed by atoms with Crippen LogP contribution in [0.5, 0.6) is 0 Å². The Morgan fingerprint density at radius 3 is 2.59 bits per heavy atom. The van der Waals surface area contributed by atoms with Crippen molar-refractivity contribution in [3.05, 3.63) is 51.2 Å². The van der Waals surface area contributed by atoms with Crippen molar-refractivity contribution < 1.29 is 24.0 Å². The van der Waals surface area contributed by atoms with E-state index >= 15 is 0 Å². The number of nitro benzene ring substituents is 1. The summed E-state index contributed by atoms with van der Waals surface area (Å²) in [4.78, 5) is 48.7. The van der Waals surface area contributed by atoms with E-state index in [1.165, 1.54) is 38.2 Å². The van der Waals surface area contributed by atoms with E-state index < -0.39 is 35.1 Å². The van der Waals surface area contributed by atoms with Crippen molar-refractivity contribution in [3.8, 4) is 0 Å². The maximum Gasteiger partial charge on any atom is 0.338 e. The number of nitrogens with zero attached hydrogens (tertiary/aromatic N) is 2. The number of ether oxygens (including phenoxy) is 1. The second-order valence-electron chi connectivity index (χ2n) is 6.10. The second-order valence-corrected chi connectivity index (χ2v) is 6.10. The van der Waals surface area contributed by atoms with Crippen LogP contribution in [-0.4, -0.2) is 41.0 Å². The highest BCUT2D eigenvalue weighted by Crippen LogP contribution is 2.35. The number of benzene rings is 1. The molecule has 2 rings (SSSR count). The summed E-state index contributed by atoms with van der Waals surface area (Å²) in [6, 6.07) is 2.71. The topological polar surface area (TPSA) is 131 Å². The van der Waals surface area contributed by atoms with Gasteiger partial charge in [0.25, 0.3) is 5.69 Å². The van der Waals surface area contributed by atoms with Gasteiger partial charge in [-0.2, -0.15) is 0 Å². The van der Waals surface area contributed by atoms with Gasteiger partial charge in [0.1, 0.15) is 6.04 Å². The van der Waals surface area contributed by atoms with E-state index in [-0.39, 0.29) is 22.5 Å². The molecule has 0 bridgehead atoms. The lowest BCUT2D eigenvalue weighted by molar-refractivity contribution is -0.384. The highest BCUT2D eigenvalue weighted by molar-refractivity contribution is 6.01. The molecule has 0 aromatic heterocycles. The molecular weight excluding hydrogens is 356 g/mol. The van der Waals surface area contributed by atoms with Crippen molar-refractivity contribution in [2.24, 2.45) is 0 Å². The van der Waals surface area contributed by atoms with E-state index in [1.807, 2.05) is 0 Å². The molecule has 0 saturated carbocycles. The molecule has 0 fully saturated rings. The maximum absolute atomic E-state index is 12.7. The number of non-ortho nitro benzene ring substituents is 1. The van der Waals surface area contributed by atoms with Gasteiger partial charge >= 0.3 is 18.0 Å². The second kappa shape index (κ2) is 7.85. The lowest BCUT2D eigenvalue weighted by Gasteiger charge is -2.36. The highest BCUT2D eigenvalue weighted by atomic mass is 16.6. The van der Waals surface area contributed by atoms with Crippen molar-refractivity contribution in [2.45, 2.75) is 32.9 Å². The Hall–Kier alpha value is -3.43. The molecule has 2 N–H and O–H groups in total. The van der Waals surface area contributed by atoms with E-state index in [9.17, 15) is 24.5 Å². The van der Waals surface area contributed by atoms with Crippen LogP contribution in [0.1, 0.15) is 32.4 Å². The van der Waals surface area contributed by atoms with Crippen molar-refractivity contribution in [3.63, 3.8) is 0 Å². The number of rotatable bonds is 4. The van der Waals surface area contributed by atoms with Crippen molar-refractivity contribution >= 4 is 23.7 Å². The summed E-state index contributed by atoms with van der Waals surface area (Å²) in [6.45, 7) is 4.82. The third kappa shape index (κ3) is 4.05. The summed E-state index contributed by atoms with van der Waals surface area (Å²) in [6.07, 6.45) is -0.436. The van der Waals surface area contributed by atoms with Gasteiger partial charge in [-0.05, 0) is 26.3 Å². The van der Waals surface area contributed by atoms with Crippen molar-refractivity contribution in [2.75, 3.05) is 7.05 Å². The highest BCUT2D eigenvalue weighted by Gasteiger charge is 2.42. The average Bonchev–Trinajstić information content (AvgIpc) is 2.59. The molecule has 10 heteroatoms. The molecule has 1 aromatic rings. The van der Waals surface area contributed by atoms with Gasteiger partial charge in [0.2, 0.25) is 0 Å². The van der Waals surface area contributed by atoms with Gasteiger partial charge in [0, 0.05) is 24.9 Å². The Kier molecular flexibility index (Phi) is 5.78. The number of esters is 1. The number of allylic oxidation sites excluding steroid dienone is 1. The first kappa shape index (κ1) is 19.9. The SMILES string of the molecule is CNC(=O)N1C(=O)NC(C)=C(C(=O)OC(C)C)C1c1cccc([N+](=O)[O-])c1. The normalized spacial score (nSPS) is 16.9. The van der Waals surface area contributed by atoms with E-state index in [0.717, 1.165) is 4.90 Å². The van der Waals surface area contributed by atoms with E-state index in [4.69, 9.17) is 4.74 Å². The average molecular weight is 376 g/mol. The number of imide groups is 1. The molecule has 0 aliphatic carbocycles. The Labute approximate surface area is 155 Å². The predicted octanol–water partition coefficient (Wildman–Crippen LogP) is 2.23. The quantitative estimate of drug-likeness (QED) is 0.471. The van der Waals surface area contributed by atoms with Crippen LogP contribution < -0.4 is 10.6 Å². The third-order valence-electron chi connectivity index (χ3n) is 3.84. The number of carbonyl (C=O) groups is 3. The fraction of sp³-hybridized carbons (Fsp3) is 0.353. The number of nitro groups is 1. The van der Waals surface area contributed by atoms with Gasteiger partial charge in [-0.25, -0.2) is 19.3 Å². The lowest BCUT2D eigenvalue weighted by atomic mass is 9.93. The van der Waals surface area contributed by atoms with Crippen LogP contribution in [-0.2, 0) is 9.53 Å². The molecule has 1 aliphatic heterocycles. The number of nitrogens with one attached hydrogen (secondary N) is 2. The predicted molar refractivity (Wildman–Crippen MR) is 94.6 cm³/mol. The fourth-order valence-corrected chi connectivity index (χ4v) is 2.74. The standard InChI is InChI=1S/C17H20N4O6/c1-9(2)27-15(22)13-10(3)19-17(24)20(16(23)18-4)14(13)11-6-5-7-12(8-11)21(25)26/h5-9,14H,1-4H3,(H,18,23)(H,19,24). The van der Waals surface area contributed by atoms with Gasteiger partial charge in [0.15, 0.2) is 0 Å². The molecule has 1 aromatic carbocycles. The zero-order valence-corrected chi connectivity index (χ0v) is 15.3. The number of carbonyl (C=O) groups excluding carboxylic acids is 3. The van der Waals surface area contributed by atoms with Crippen LogP contribution in [0.3, 0.4) is 0 Å². The van der Waals surface area contributed by atoms with E-state index in [2.05, 4.69) is 10.6 Å². The lowest BCUT2D eigenvalue weighted by Crippen LogP contribution is -2.53. The van der Waals surface area contributed by atoms with Crippen molar-refractivity contribution in [1.29, 1.82) is 0 Å². The molecular formula is C17H20N4O6. The fourth-order valence-electron chi connectivity index (χ4n) is 2.74. The van der Waals surface area contributed by atoms with Crippen LogP contribution in [0.2, 0.25) is 0 Å². The van der Waals surface area contributed by atoms with Crippen molar-refractivity contribution in [1.82, 2.24) is 15.5 Å². The molecule has 1 heterocycles. The Balaban J connectivity index is 2.67. The first-order chi connectivity index (χ1) is 12.7. The summed E-state index contributed by atoms with van der Waals surface area (Å²) in [5.74, 6) is -0.729. The largest absolute Gasteiger partial charge is 0.459 e. The first-order valence-electron chi connectivity index (χ1n) is 8.15. The van der Waals surface area contributed by atoms with Crippen LogP contribution >= 0.6 is 0 Å². The molecule has 144 valence electrons. The Morgan fingerprint density at radius 1 is 1.37 bits per heavy atom. The minimum atomic E-state index is -1.18. The molecule has 4 amide bonds. The molecule has 1 aliphatic rings. The number of hydrogen-bond donors (Lipinski definition) is 2. The molecule has 0 radical (unpaired) electrons. The summed E-state index contributed by atoms with van der Waals surface area (Å²) in [5, 5.41) is 15.9. The minimum absolute atomic E-state index is 0.0207. The van der Waals surface area contributed by atoms with E-state index in [1.54, 1.807) is 13.8 Å². The maximum atomic E-state index is 12.7. The van der Waals surface area contributed by atoms with Gasteiger partial charge in [-0.15, -0.1) is 0 Å². The van der Waals surface area contributed by atoms with Crippen LogP contribution in [0.15, 0.2) is 35.5 Å². The number of hydrogen-bond acceptors (Lipinski definition) is 6. The third-order valence-corrected chi connectivity index (χ3v) is 3.84. The molecule has 0 saturated heterocycles. The molecule has 1 atom stereocenters. The first-order valence-corrected chi connectivity index (χ1v) is 8.15. The van der Waals surface area contributed by atoms with Crippen LogP contribution in [0.4, 0.5) is 15.3 Å². The van der Waals surface area contributed by atoms with Crippen LogP contribution in [0, 0.1) is 10.1 Å². The molecule has 27 heavy (non-hydrogen) atoms. The summed E-state index contributed by atoms with van der Waals surface area (Å²) in [5.41, 5.74) is 0.233. The summed E-state index contributed by atoms with van der Waals surface area (Å²) in [7, 11) is 1.33. The smallest absolute Gasteiger partial charge is 0.338 e. The zero-order chi connectivity index (χ0) is 20.3. The van der Waals surface area contributed by atoms with Gasteiger partial charge in [0.05, 0.1) is 16.6 Å². The molecule has 0 spiro atoms. The van der Waals surface area contributed by atoms with Crippen LogP contribution in [0.25, 0.3) is 0 Å². The van der Waals surface area contributed by atoms with E-state index in [0.29, 0.717) is 0 Å². The Bertz CT molecular complexity index is 832. The number of urea groups is 2. The van der Waals surface area contributed by atoms with Gasteiger partial charge < -0.3 is 15.4 Å². The molecule has 1 unspecified atom stereocenters. The zero-order valence-electron chi connectivity index (χ0n) is 15.3. The summed E-state index contributed by atoms with van der Waals surface area (Å²) < 4.78 is 5.25. The van der Waals surface area contributed by atoms with Gasteiger partial charge in [-0.1, -0.05) is 12.1 Å². The molecule has 10 nitrogen and oxygen atoms in total.